The Morgan fingerprint density at radius 3 is 2.73 bits per heavy atom. The number of piperazine rings is 1. The molecule has 0 spiro atoms. The second kappa shape index (κ2) is 9.77. The minimum Gasteiger partial charge on any atom is -0.495 e. The van der Waals surface area contributed by atoms with Crippen LogP contribution in [0.4, 0.5) is 5.69 Å². The number of rotatable bonds is 5. The number of anilines is 1. The summed E-state index contributed by atoms with van der Waals surface area (Å²) in [6.45, 7) is 8.95. The van der Waals surface area contributed by atoms with Crippen LogP contribution in [0.5, 0.6) is 5.75 Å². The normalized spacial score (nSPS) is 18.8. The topological polar surface area (TPSA) is 63.0 Å². The SMILES string of the molecule is COc1cc(N2CCN(C(=O)Cn3nc(C4=CC(C)=NCC4)c(Cl)c3C)[C@@H](C)C2)ccc1Cl. The van der Waals surface area contributed by atoms with Crippen LogP contribution in [-0.2, 0) is 11.3 Å². The van der Waals surface area contributed by atoms with Gasteiger partial charge < -0.3 is 14.5 Å². The lowest BCUT2D eigenvalue weighted by Crippen LogP contribution is -2.54. The number of nitrogens with zero attached hydrogens (tertiary/aromatic N) is 5. The summed E-state index contributed by atoms with van der Waals surface area (Å²) < 4.78 is 7.07. The Morgan fingerprint density at radius 1 is 1.24 bits per heavy atom. The highest BCUT2D eigenvalue weighted by Crippen LogP contribution is 2.31. The lowest BCUT2D eigenvalue weighted by molar-refractivity contribution is -0.134. The van der Waals surface area contributed by atoms with Crippen molar-refractivity contribution in [3.8, 4) is 5.75 Å². The Bertz CT molecular complexity index is 1120. The van der Waals surface area contributed by atoms with Crippen molar-refractivity contribution in [2.75, 3.05) is 38.2 Å². The standard InChI is InChI=1S/C24H29Cl2N5O2/c1-15-11-18(7-8-27-15)24-23(26)17(3)31(28-24)14-22(32)30-10-9-29(13-16(30)2)19-5-6-20(25)21(12-19)33-4/h5-6,11-12,16H,7-10,13-14H2,1-4H3/t16-/m0/s1. The van der Waals surface area contributed by atoms with Gasteiger partial charge in [-0.3, -0.25) is 14.5 Å². The molecule has 9 heteroatoms. The number of carbonyl (C=O) groups is 1. The Hall–Kier alpha value is -2.51. The van der Waals surface area contributed by atoms with Gasteiger partial charge in [0.25, 0.3) is 0 Å². The maximum Gasteiger partial charge on any atom is 0.244 e. The molecule has 33 heavy (non-hydrogen) atoms. The zero-order chi connectivity index (χ0) is 23.7. The Balaban J connectivity index is 1.45. The Morgan fingerprint density at radius 2 is 2.03 bits per heavy atom. The summed E-state index contributed by atoms with van der Waals surface area (Å²) in [6, 6.07) is 5.82. The molecule has 1 saturated heterocycles. The second-order valence-corrected chi connectivity index (χ2v) is 9.33. The summed E-state index contributed by atoms with van der Waals surface area (Å²) in [5, 5.41) is 5.89. The van der Waals surface area contributed by atoms with E-state index in [0.717, 1.165) is 54.4 Å². The fourth-order valence-electron chi connectivity index (χ4n) is 4.42. The van der Waals surface area contributed by atoms with Crippen LogP contribution in [0, 0.1) is 6.92 Å². The maximum absolute atomic E-state index is 13.2. The number of amides is 1. The number of allylic oxidation sites excluding steroid dienone is 1. The number of methoxy groups -OCH3 is 1. The fraction of sp³-hybridized carbons (Fsp3) is 0.458. The average molecular weight is 490 g/mol. The van der Waals surface area contributed by atoms with E-state index in [-0.39, 0.29) is 18.5 Å². The van der Waals surface area contributed by atoms with E-state index in [1.165, 1.54) is 0 Å². The highest BCUT2D eigenvalue weighted by Gasteiger charge is 2.29. The van der Waals surface area contributed by atoms with E-state index in [4.69, 9.17) is 33.0 Å². The van der Waals surface area contributed by atoms with Gasteiger partial charge in [0.05, 0.1) is 22.8 Å². The molecule has 1 fully saturated rings. The van der Waals surface area contributed by atoms with Gasteiger partial charge in [-0.15, -0.1) is 0 Å². The summed E-state index contributed by atoms with van der Waals surface area (Å²) in [7, 11) is 1.61. The van der Waals surface area contributed by atoms with E-state index in [1.807, 2.05) is 43.0 Å². The van der Waals surface area contributed by atoms with Crippen LogP contribution in [0.25, 0.3) is 5.57 Å². The van der Waals surface area contributed by atoms with Crippen molar-refractivity contribution in [2.24, 2.45) is 4.99 Å². The van der Waals surface area contributed by atoms with Gasteiger partial charge in [-0.05, 0) is 51.0 Å². The van der Waals surface area contributed by atoms with Crippen molar-refractivity contribution in [3.05, 3.63) is 45.7 Å². The zero-order valence-electron chi connectivity index (χ0n) is 19.4. The molecule has 1 aromatic carbocycles. The van der Waals surface area contributed by atoms with Crippen LogP contribution in [0.2, 0.25) is 10.0 Å². The molecule has 1 amide bonds. The van der Waals surface area contributed by atoms with Crippen LogP contribution in [0.1, 0.15) is 31.7 Å². The van der Waals surface area contributed by atoms with E-state index >= 15 is 0 Å². The second-order valence-electron chi connectivity index (χ2n) is 8.55. The van der Waals surface area contributed by atoms with Gasteiger partial charge in [0.15, 0.2) is 0 Å². The zero-order valence-corrected chi connectivity index (χ0v) is 20.9. The van der Waals surface area contributed by atoms with Gasteiger partial charge in [0.2, 0.25) is 5.91 Å². The van der Waals surface area contributed by atoms with Gasteiger partial charge >= 0.3 is 0 Å². The first-order chi connectivity index (χ1) is 15.8. The largest absolute Gasteiger partial charge is 0.495 e. The van der Waals surface area contributed by atoms with Crippen molar-refractivity contribution in [3.63, 3.8) is 0 Å². The van der Waals surface area contributed by atoms with E-state index in [9.17, 15) is 4.79 Å². The number of carbonyl (C=O) groups excluding carboxylic acids is 1. The Labute approximate surface area is 204 Å². The highest BCUT2D eigenvalue weighted by atomic mass is 35.5. The van der Waals surface area contributed by atoms with E-state index in [0.29, 0.717) is 22.3 Å². The van der Waals surface area contributed by atoms with E-state index in [1.54, 1.807) is 11.8 Å². The molecule has 3 heterocycles. The first kappa shape index (κ1) is 23.6. The van der Waals surface area contributed by atoms with Gasteiger partial charge in [-0.1, -0.05) is 23.2 Å². The van der Waals surface area contributed by atoms with Gasteiger partial charge in [-0.25, -0.2) is 0 Å². The molecule has 1 aromatic heterocycles. The van der Waals surface area contributed by atoms with Crippen LogP contribution in [0.15, 0.2) is 29.3 Å². The third-order valence-electron chi connectivity index (χ3n) is 6.30. The molecule has 7 nitrogen and oxygen atoms in total. The molecule has 0 saturated carbocycles. The lowest BCUT2D eigenvalue weighted by atomic mass is 10.0. The summed E-state index contributed by atoms with van der Waals surface area (Å²) in [6.07, 6.45) is 2.83. The maximum atomic E-state index is 13.2. The molecule has 0 bridgehead atoms. The third kappa shape index (κ3) is 4.89. The molecular weight excluding hydrogens is 461 g/mol. The molecule has 0 N–H and O–H groups in total. The fourth-order valence-corrected chi connectivity index (χ4v) is 4.87. The van der Waals surface area contributed by atoms with Crippen molar-refractivity contribution in [1.82, 2.24) is 14.7 Å². The average Bonchev–Trinajstić information content (AvgIpc) is 3.07. The summed E-state index contributed by atoms with van der Waals surface area (Å²) >= 11 is 12.8. The van der Waals surface area contributed by atoms with Crippen LogP contribution < -0.4 is 9.64 Å². The monoisotopic (exact) mass is 489 g/mol. The molecule has 1 atom stereocenters. The van der Waals surface area contributed by atoms with Crippen LogP contribution in [-0.4, -0.2) is 65.6 Å². The quantitative estimate of drug-likeness (QED) is 0.620. The molecule has 0 radical (unpaired) electrons. The molecule has 2 aromatic rings. The Kier molecular flexibility index (Phi) is 7.00. The van der Waals surface area contributed by atoms with E-state index < -0.39 is 0 Å². The van der Waals surface area contributed by atoms with E-state index in [2.05, 4.69) is 16.8 Å². The molecular formula is C24H29Cl2N5O2. The molecule has 4 rings (SSSR count). The van der Waals surface area contributed by atoms with Gasteiger partial charge in [0, 0.05) is 49.7 Å². The highest BCUT2D eigenvalue weighted by molar-refractivity contribution is 6.33. The van der Waals surface area contributed by atoms with Crippen molar-refractivity contribution in [1.29, 1.82) is 0 Å². The molecule has 0 aliphatic carbocycles. The number of aromatic nitrogens is 2. The van der Waals surface area contributed by atoms with Crippen molar-refractivity contribution >= 4 is 46.1 Å². The predicted molar refractivity (Wildman–Crippen MR) is 134 cm³/mol. The number of aliphatic imine (C=N–C) groups is 1. The first-order valence-electron chi connectivity index (χ1n) is 11.1. The first-order valence-corrected chi connectivity index (χ1v) is 11.9. The number of hydrogen-bond donors (Lipinski definition) is 0. The number of hydrogen-bond acceptors (Lipinski definition) is 5. The van der Waals surface area contributed by atoms with Gasteiger partial charge in [0.1, 0.15) is 18.0 Å². The minimum atomic E-state index is 0.0417. The number of dihydropyridines is 1. The summed E-state index contributed by atoms with van der Waals surface area (Å²) in [4.78, 5) is 21.8. The minimum absolute atomic E-state index is 0.0417. The van der Waals surface area contributed by atoms with Crippen molar-refractivity contribution < 1.29 is 9.53 Å². The molecule has 176 valence electrons. The van der Waals surface area contributed by atoms with Crippen LogP contribution in [0.3, 0.4) is 0 Å². The number of benzene rings is 1. The molecule has 0 unspecified atom stereocenters. The molecule has 2 aliphatic heterocycles. The smallest absolute Gasteiger partial charge is 0.244 e. The van der Waals surface area contributed by atoms with Gasteiger partial charge in [-0.2, -0.15) is 5.10 Å². The number of ether oxygens (including phenoxy) is 1. The number of halogens is 2. The third-order valence-corrected chi connectivity index (χ3v) is 7.06. The summed E-state index contributed by atoms with van der Waals surface area (Å²) in [5.74, 6) is 0.691. The summed E-state index contributed by atoms with van der Waals surface area (Å²) in [5.41, 5.74) is 4.64. The van der Waals surface area contributed by atoms with Crippen molar-refractivity contribution in [2.45, 2.75) is 39.8 Å². The van der Waals surface area contributed by atoms with Crippen LogP contribution >= 0.6 is 23.2 Å². The predicted octanol–water partition coefficient (Wildman–Crippen LogP) is 4.49. The lowest BCUT2D eigenvalue weighted by Gasteiger charge is -2.41. The molecule has 2 aliphatic rings.